The van der Waals surface area contributed by atoms with Gasteiger partial charge < -0.3 is 14.4 Å². The maximum absolute atomic E-state index is 13.5. The summed E-state index contributed by atoms with van der Waals surface area (Å²) in [4.78, 5) is 25.1. The summed E-state index contributed by atoms with van der Waals surface area (Å²) < 4.78 is 23.3. The molecule has 0 unspecified atom stereocenters. The molecule has 0 fully saturated rings. The average molecular weight is 308 g/mol. The molecule has 0 aromatic heterocycles. The first-order valence-corrected chi connectivity index (χ1v) is 6.57. The molecule has 0 radical (unpaired) electrons. The molecule has 0 saturated carbocycles. The smallest absolute Gasteiger partial charge is 0.339 e. The molecular weight excluding hydrogens is 291 g/mol. The summed E-state index contributed by atoms with van der Waals surface area (Å²) in [5.41, 5.74) is -0.0161. The van der Waals surface area contributed by atoms with Crippen molar-refractivity contribution in [2.24, 2.45) is 0 Å². The molecule has 22 heavy (non-hydrogen) atoms. The van der Waals surface area contributed by atoms with Gasteiger partial charge in [-0.25, -0.2) is 9.18 Å². The molecule has 0 N–H and O–H groups in total. The van der Waals surface area contributed by atoms with E-state index >= 15 is 0 Å². The van der Waals surface area contributed by atoms with Crippen molar-refractivity contribution < 1.29 is 23.5 Å². The normalized spacial score (nSPS) is 11.2. The Hall–Kier alpha value is -2.62. The van der Waals surface area contributed by atoms with Crippen LogP contribution in [0.3, 0.4) is 0 Å². The fraction of sp³-hybridized carbons (Fsp3) is 0.400. The van der Waals surface area contributed by atoms with Gasteiger partial charge in [-0.3, -0.25) is 4.79 Å². The molecular formula is C15H17FN2O4. The van der Waals surface area contributed by atoms with Gasteiger partial charge in [0.25, 0.3) is 5.91 Å². The fourth-order valence-corrected chi connectivity index (χ4v) is 1.71. The molecule has 1 aromatic rings. The minimum Gasteiger partial charge on any atom is -0.494 e. The van der Waals surface area contributed by atoms with Crippen LogP contribution in [0.2, 0.25) is 0 Å². The third-order valence-corrected chi connectivity index (χ3v) is 2.95. The van der Waals surface area contributed by atoms with Crippen LogP contribution < -0.4 is 4.74 Å². The van der Waals surface area contributed by atoms with Crippen molar-refractivity contribution in [1.82, 2.24) is 4.90 Å². The van der Waals surface area contributed by atoms with Crippen molar-refractivity contribution >= 4 is 11.9 Å². The van der Waals surface area contributed by atoms with Gasteiger partial charge in [-0.15, -0.1) is 0 Å². The highest BCUT2D eigenvalue weighted by atomic mass is 19.1. The van der Waals surface area contributed by atoms with Gasteiger partial charge in [-0.2, -0.15) is 5.26 Å². The Morgan fingerprint density at radius 3 is 2.68 bits per heavy atom. The van der Waals surface area contributed by atoms with Crippen LogP contribution >= 0.6 is 0 Å². The Kier molecular flexibility index (Phi) is 6.32. The maximum atomic E-state index is 13.5. The molecule has 7 heteroatoms. The van der Waals surface area contributed by atoms with Crippen molar-refractivity contribution in [3.63, 3.8) is 0 Å². The predicted octanol–water partition coefficient (Wildman–Crippen LogP) is 1.75. The van der Waals surface area contributed by atoms with Crippen molar-refractivity contribution in [3.8, 4) is 11.8 Å². The van der Waals surface area contributed by atoms with Crippen LogP contribution in [0.5, 0.6) is 5.75 Å². The number of ether oxygens (including phenoxy) is 2. The van der Waals surface area contributed by atoms with Gasteiger partial charge in [-0.1, -0.05) is 0 Å². The summed E-state index contributed by atoms with van der Waals surface area (Å²) in [6.07, 6.45) is -0.839. The van der Waals surface area contributed by atoms with Gasteiger partial charge in [0.2, 0.25) is 0 Å². The first kappa shape index (κ1) is 17.4. The van der Waals surface area contributed by atoms with E-state index in [9.17, 15) is 14.0 Å². The number of carbonyl (C=O) groups excluding carboxylic acids is 2. The predicted molar refractivity (Wildman–Crippen MR) is 75.7 cm³/mol. The number of carbonyl (C=O) groups is 2. The van der Waals surface area contributed by atoms with Crippen LogP contribution in [0.4, 0.5) is 4.39 Å². The summed E-state index contributed by atoms with van der Waals surface area (Å²) in [6, 6.07) is 5.56. The summed E-state index contributed by atoms with van der Waals surface area (Å²) in [6.45, 7) is 1.66. The monoisotopic (exact) mass is 308 g/mol. The van der Waals surface area contributed by atoms with E-state index in [2.05, 4.69) is 0 Å². The maximum Gasteiger partial charge on any atom is 0.339 e. The number of halogens is 1. The van der Waals surface area contributed by atoms with Crippen molar-refractivity contribution in [2.75, 3.05) is 20.7 Å². The molecule has 0 spiro atoms. The standard InChI is InChI=1S/C15H17FN2O4/c1-10(14(19)18(2)8-4-7-17)22-15(20)11-5-6-13(21-3)12(16)9-11/h5-6,9-10H,4,8H2,1-3H3/t10-/m0/s1. The number of likely N-dealkylation sites (N-methyl/N-ethyl adjacent to an activating group) is 1. The molecule has 0 saturated heterocycles. The van der Waals surface area contributed by atoms with E-state index in [-0.39, 0.29) is 24.3 Å². The Morgan fingerprint density at radius 2 is 2.14 bits per heavy atom. The van der Waals surface area contributed by atoms with Crippen LogP contribution in [0, 0.1) is 17.1 Å². The molecule has 6 nitrogen and oxygen atoms in total. The van der Waals surface area contributed by atoms with Crippen LogP contribution in [0.15, 0.2) is 18.2 Å². The summed E-state index contributed by atoms with van der Waals surface area (Å²) >= 11 is 0. The van der Waals surface area contributed by atoms with Crippen molar-refractivity contribution in [3.05, 3.63) is 29.6 Å². The summed E-state index contributed by atoms with van der Waals surface area (Å²) in [5, 5.41) is 8.48. The van der Waals surface area contributed by atoms with Gasteiger partial charge in [-0.05, 0) is 25.1 Å². The number of amides is 1. The fourth-order valence-electron chi connectivity index (χ4n) is 1.71. The Morgan fingerprint density at radius 1 is 1.45 bits per heavy atom. The second kappa shape index (κ2) is 7.98. The Labute approximate surface area is 128 Å². The number of nitriles is 1. The number of hydrogen-bond donors (Lipinski definition) is 0. The third-order valence-electron chi connectivity index (χ3n) is 2.95. The molecule has 1 amide bonds. The van der Waals surface area contributed by atoms with Gasteiger partial charge in [0.05, 0.1) is 25.2 Å². The zero-order valence-corrected chi connectivity index (χ0v) is 12.6. The number of nitrogens with zero attached hydrogens (tertiary/aromatic N) is 2. The van der Waals surface area contributed by atoms with Gasteiger partial charge >= 0.3 is 5.97 Å². The second-order valence-electron chi connectivity index (χ2n) is 4.56. The molecule has 118 valence electrons. The van der Waals surface area contributed by atoms with Gasteiger partial charge in [0, 0.05) is 13.6 Å². The molecule has 0 aliphatic heterocycles. The molecule has 1 atom stereocenters. The molecule has 1 rings (SSSR count). The topological polar surface area (TPSA) is 79.6 Å². The number of methoxy groups -OCH3 is 1. The SMILES string of the molecule is COc1ccc(C(=O)O[C@@H](C)C(=O)N(C)CCC#N)cc1F. The summed E-state index contributed by atoms with van der Waals surface area (Å²) in [5.74, 6) is -1.92. The van der Waals surface area contributed by atoms with Crippen LogP contribution in [0.25, 0.3) is 0 Å². The lowest BCUT2D eigenvalue weighted by atomic mass is 10.2. The lowest BCUT2D eigenvalue weighted by Gasteiger charge is -2.20. The van der Waals surface area contributed by atoms with E-state index in [1.807, 2.05) is 6.07 Å². The molecule has 0 aliphatic carbocycles. The molecule has 0 bridgehead atoms. The average Bonchev–Trinajstić information content (AvgIpc) is 2.51. The highest BCUT2D eigenvalue weighted by Crippen LogP contribution is 2.18. The van der Waals surface area contributed by atoms with E-state index in [0.29, 0.717) is 0 Å². The van der Waals surface area contributed by atoms with E-state index in [1.54, 1.807) is 0 Å². The summed E-state index contributed by atoms with van der Waals surface area (Å²) in [7, 11) is 2.82. The van der Waals surface area contributed by atoms with Crippen LogP contribution in [0.1, 0.15) is 23.7 Å². The second-order valence-corrected chi connectivity index (χ2v) is 4.56. The quantitative estimate of drug-likeness (QED) is 0.748. The lowest BCUT2D eigenvalue weighted by molar-refractivity contribution is -0.138. The first-order valence-electron chi connectivity index (χ1n) is 6.57. The van der Waals surface area contributed by atoms with Crippen molar-refractivity contribution in [2.45, 2.75) is 19.4 Å². The molecule has 0 aliphatic rings. The van der Waals surface area contributed by atoms with E-state index in [4.69, 9.17) is 14.7 Å². The number of benzene rings is 1. The number of esters is 1. The molecule has 0 heterocycles. The minimum absolute atomic E-state index is 0.0110. The Bertz CT molecular complexity index is 598. The van der Waals surface area contributed by atoms with Crippen LogP contribution in [-0.4, -0.2) is 43.6 Å². The van der Waals surface area contributed by atoms with Crippen LogP contribution in [-0.2, 0) is 9.53 Å². The van der Waals surface area contributed by atoms with E-state index in [1.165, 1.54) is 38.1 Å². The zero-order chi connectivity index (χ0) is 16.7. The molecule has 1 aromatic carbocycles. The largest absolute Gasteiger partial charge is 0.494 e. The van der Waals surface area contributed by atoms with E-state index in [0.717, 1.165) is 6.07 Å². The highest BCUT2D eigenvalue weighted by molar-refractivity contribution is 5.92. The minimum atomic E-state index is -1.03. The van der Waals surface area contributed by atoms with E-state index < -0.39 is 23.8 Å². The number of hydrogen-bond acceptors (Lipinski definition) is 5. The number of rotatable bonds is 6. The zero-order valence-electron chi connectivity index (χ0n) is 12.6. The van der Waals surface area contributed by atoms with Gasteiger partial charge in [0.15, 0.2) is 17.7 Å². The third kappa shape index (κ3) is 4.45. The Balaban J connectivity index is 2.69. The highest BCUT2D eigenvalue weighted by Gasteiger charge is 2.22. The van der Waals surface area contributed by atoms with Crippen molar-refractivity contribution in [1.29, 1.82) is 5.26 Å². The van der Waals surface area contributed by atoms with Gasteiger partial charge in [0.1, 0.15) is 0 Å². The lowest BCUT2D eigenvalue weighted by Crippen LogP contribution is -2.37. The first-order chi connectivity index (χ1) is 10.4.